The van der Waals surface area contributed by atoms with Crippen LogP contribution >= 0.6 is 0 Å². The van der Waals surface area contributed by atoms with Crippen LogP contribution < -0.4 is 5.73 Å². The monoisotopic (exact) mass is 181 g/mol. The van der Waals surface area contributed by atoms with E-state index in [4.69, 9.17) is 0 Å². The molecule has 0 saturated carbocycles. The molecule has 13 heavy (non-hydrogen) atoms. The summed E-state index contributed by atoms with van der Waals surface area (Å²) < 4.78 is 0. The van der Waals surface area contributed by atoms with Gasteiger partial charge in [-0.15, -0.1) is 0 Å². The number of nitro groups is 1. The molecule has 0 aliphatic carbocycles. The third-order valence-corrected chi connectivity index (χ3v) is 2.11. The first-order valence-electron chi connectivity index (χ1n) is 4.18. The van der Waals surface area contributed by atoms with Gasteiger partial charge in [0, 0.05) is 18.1 Å². The Labute approximate surface area is 76.5 Å². The van der Waals surface area contributed by atoms with Crippen molar-refractivity contribution < 1.29 is 10.7 Å². The molecule has 1 aromatic rings. The fourth-order valence-corrected chi connectivity index (χ4v) is 1.09. The first-order chi connectivity index (χ1) is 6.15. The van der Waals surface area contributed by atoms with Gasteiger partial charge in [0.2, 0.25) is 0 Å². The molecule has 0 aliphatic heterocycles. The summed E-state index contributed by atoms with van der Waals surface area (Å²) in [6, 6.07) is 6.63. The number of quaternary nitrogens is 1. The second-order valence-electron chi connectivity index (χ2n) is 3.04. The van der Waals surface area contributed by atoms with Crippen LogP contribution in [0.15, 0.2) is 24.3 Å². The molecule has 0 spiro atoms. The minimum Gasteiger partial charge on any atom is -0.357 e. The summed E-state index contributed by atoms with van der Waals surface area (Å²) in [5.74, 6) is 0.362. The van der Waals surface area contributed by atoms with Gasteiger partial charge >= 0.3 is 0 Å². The number of rotatable bonds is 3. The molecule has 0 fully saturated rings. The van der Waals surface area contributed by atoms with Crippen molar-refractivity contribution in [2.24, 2.45) is 0 Å². The Kier molecular flexibility index (Phi) is 2.97. The normalized spacial score (nSPS) is 12.5. The predicted molar refractivity (Wildman–Crippen MR) is 49.3 cm³/mol. The second kappa shape index (κ2) is 4.00. The van der Waals surface area contributed by atoms with Gasteiger partial charge in [0.1, 0.15) is 0 Å². The number of non-ortho nitro benzene ring substituents is 1. The summed E-state index contributed by atoms with van der Waals surface area (Å²) >= 11 is 0. The maximum atomic E-state index is 10.3. The lowest BCUT2D eigenvalue weighted by atomic mass is 10.0. The molecule has 0 aromatic heterocycles. The standard InChI is InChI=1S/C9H12N2O2/c1-7(6-10)8-2-4-9(5-3-8)11(12)13/h2-5,7H,6,10H2,1H3/p+1. The molecule has 0 saturated heterocycles. The van der Waals surface area contributed by atoms with Crippen LogP contribution in [-0.4, -0.2) is 11.5 Å². The minimum absolute atomic E-state index is 0.139. The summed E-state index contributed by atoms with van der Waals surface area (Å²) in [5, 5.41) is 10.3. The van der Waals surface area contributed by atoms with E-state index in [0.717, 1.165) is 12.1 Å². The molecule has 1 aromatic carbocycles. The van der Waals surface area contributed by atoms with Crippen LogP contribution in [0.3, 0.4) is 0 Å². The highest BCUT2D eigenvalue weighted by molar-refractivity contribution is 5.34. The van der Waals surface area contributed by atoms with Crippen LogP contribution in [0.25, 0.3) is 0 Å². The summed E-state index contributed by atoms with van der Waals surface area (Å²) in [6.45, 7) is 2.85. The predicted octanol–water partition coefficient (Wildman–Crippen LogP) is 0.940. The zero-order valence-corrected chi connectivity index (χ0v) is 7.56. The molecule has 0 aliphatic rings. The number of hydrogen-bond donors (Lipinski definition) is 1. The zero-order valence-electron chi connectivity index (χ0n) is 7.56. The van der Waals surface area contributed by atoms with Crippen LogP contribution in [0.4, 0.5) is 5.69 Å². The Bertz CT molecular complexity index is 295. The Morgan fingerprint density at radius 2 is 2.00 bits per heavy atom. The van der Waals surface area contributed by atoms with Crippen molar-refractivity contribution in [3.8, 4) is 0 Å². The Hall–Kier alpha value is -1.42. The van der Waals surface area contributed by atoms with Gasteiger partial charge in [-0.25, -0.2) is 0 Å². The maximum absolute atomic E-state index is 10.3. The van der Waals surface area contributed by atoms with E-state index in [1.54, 1.807) is 12.1 Å². The molecular weight excluding hydrogens is 168 g/mol. The summed E-state index contributed by atoms with van der Waals surface area (Å²) in [4.78, 5) is 9.95. The summed E-state index contributed by atoms with van der Waals surface area (Å²) in [7, 11) is 0. The zero-order chi connectivity index (χ0) is 9.84. The molecule has 0 radical (unpaired) electrons. The van der Waals surface area contributed by atoms with Crippen LogP contribution in [0.5, 0.6) is 0 Å². The highest BCUT2D eigenvalue weighted by atomic mass is 16.6. The average molecular weight is 181 g/mol. The lowest BCUT2D eigenvalue weighted by molar-refractivity contribution is -0.385. The largest absolute Gasteiger partial charge is 0.357 e. The van der Waals surface area contributed by atoms with Gasteiger partial charge in [-0.1, -0.05) is 19.1 Å². The molecule has 0 heterocycles. The van der Waals surface area contributed by atoms with Gasteiger partial charge < -0.3 is 5.73 Å². The van der Waals surface area contributed by atoms with Crippen LogP contribution in [-0.2, 0) is 0 Å². The van der Waals surface area contributed by atoms with E-state index in [1.165, 1.54) is 12.1 Å². The van der Waals surface area contributed by atoms with E-state index in [9.17, 15) is 10.1 Å². The molecule has 3 N–H and O–H groups in total. The van der Waals surface area contributed by atoms with Gasteiger partial charge in [0.15, 0.2) is 0 Å². The molecule has 4 nitrogen and oxygen atoms in total. The van der Waals surface area contributed by atoms with E-state index in [0.29, 0.717) is 5.92 Å². The molecule has 1 atom stereocenters. The third kappa shape index (κ3) is 2.26. The van der Waals surface area contributed by atoms with Crippen LogP contribution in [0.1, 0.15) is 18.4 Å². The van der Waals surface area contributed by atoms with E-state index in [1.807, 2.05) is 6.92 Å². The molecule has 1 unspecified atom stereocenters. The maximum Gasteiger partial charge on any atom is 0.269 e. The minimum atomic E-state index is -0.390. The SMILES string of the molecule is CC(C[NH3+])c1ccc([N+](=O)[O-])cc1. The number of benzene rings is 1. The van der Waals surface area contributed by atoms with Crippen molar-refractivity contribution in [3.05, 3.63) is 39.9 Å². The molecule has 0 amide bonds. The van der Waals surface area contributed by atoms with Crippen molar-refractivity contribution in [2.75, 3.05) is 6.54 Å². The molecule has 4 heteroatoms. The summed E-state index contributed by atoms with van der Waals surface area (Å²) in [5.41, 5.74) is 5.02. The quantitative estimate of drug-likeness (QED) is 0.556. The lowest BCUT2D eigenvalue weighted by Gasteiger charge is -2.05. The van der Waals surface area contributed by atoms with Gasteiger partial charge in [-0.3, -0.25) is 10.1 Å². The van der Waals surface area contributed by atoms with Crippen molar-refractivity contribution in [1.82, 2.24) is 0 Å². The molecule has 0 bridgehead atoms. The Morgan fingerprint density at radius 3 is 2.38 bits per heavy atom. The van der Waals surface area contributed by atoms with Crippen LogP contribution in [0.2, 0.25) is 0 Å². The van der Waals surface area contributed by atoms with E-state index in [-0.39, 0.29) is 5.69 Å². The fraction of sp³-hybridized carbons (Fsp3) is 0.333. The van der Waals surface area contributed by atoms with Gasteiger partial charge in [0.05, 0.1) is 11.5 Å². The van der Waals surface area contributed by atoms with Crippen molar-refractivity contribution >= 4 is 5.69 Å². The highest BCUT2D eigenvalue weighted by Crippen LogP contribution is 2.17. The Balaban J connectivity index is 2.87. The van der Waals surface area contributed by atoms with Crippen molar-refractivity contribution in [2.45, 2.75) is 12.8 Å². The van der Waals surface area contributed by atoms with E-state index >= 15 is 0 Å². The third-order valence-electron chi connectivity index (χ3n) is 2.11. The van der Waals surface area contributed by atoms with Gasteiger partial charge in [0.25, 0.3) is 5.69 Å². The number of nitro benzene ring substituents is 1. The molecule has 1 rings (SSSR count). The second-order valence-corrected chi connectivity index (χ2v) is 3.04. The molecular formula is C9H13N2O2+. The smallest absolute Gasteiger partial charge is 0.269 e. The fourth-order valence-electron chi connectivity index (χ4n) is 1.09. The summed E-state index contributed by atoms with van der Waals surface area (Å²) in [6.07, 6.45) is 0. The van der Waals surface area contributed by atoms with E-state index < -0.39 is 4.92 Å². The Morgan fingerprint density at radius 1 is 1.46 bits per heavy atom. The van der Waals surface area contributed by atoms with E-state index in [2.05, 4.69) is 5.73 Å². The number of hydrogen-bond acceptors (Lipinski definition) is 2. The van der Waals surface area contributed by atoms with Gasteiger partial charge in [-0.2, -0.15) is 0 Å². The van der Waals surface area contributed by atoms with Gasteiger partial charge in [-0.05, 0) is 5.56 Å². The van der Waals surface area contributed by atoms with Crippen molar-refractivity contribution in [3.63, 3.8) is 0 Å². The highest BCUT2D eigenvalue weighted by Gasteiger charge is 2.08. The topological polar surface area (TPSA) is 70.8 Å². The first-order valence-corrected chi connectivity index (χ1v) is 4.18. The van der Waals surface area contributed by atoms with Crippen LogP contribution in [0, 0.1) is 10.1 Å². The van der Waals surface area contributed by atoms with Crippen molar-refractivity contribution in [1.29, 1.82) is 0 Å². The first kappa shape index (κ1) is 9.67. The lowest BCUT2D eigenvalue weighted by Crippen LogP contribution is -2.52. The number of nitrogens with zero attached hydrogens (tertiary/aromatic N) is 1. The molecule has 70 valence electrons. The average Bonchev–Trinajstić information content (AvgIpc) is 2.17.